The topological polar surface area (TPSA) is 80.3 Å². The van der Waals surface area contributed by atoms with E-state index in [4.69, 9.17) is 14.5 Å². The molecule has 2 saturated carbocycles. The molecule has 1 amide bonds. The zero-order chi connectivity index (χ0) is 19.3. The van der Waals surface area contributed by atoms with Gasteiger partial charge >= 0.3 is 0 Å². The average molecular weight is 382 g/mol. The third-order valence-electron chi connectivity index (χ3n) is 6.71. The normalized spacial score (nSPS) is 22.9. The van der Waals surface area contributed by atoms with Crippen LogP contribution < -0.4 is 9.47 Å². The van der Waals surface area contributed by atoms with Gasteiger partial charge in [0.15, 0.2) is 17.3 Å². The summed E-state index contributed by atoms with van der Waals surface area (Å²) in [5.74, 6) is 3.72. The van der Waals surface area contributed by atoms with Crippen LogP contribution in [0.1, 0.15) is 65.9 Å². The van der Waals surface area contributed by atoms with Gasteiger partial charge in [0, 0.05) is 24.9 Å². The maximum atomic E-state index is 13.4. The lowest BCUT2D eigenvalue weighted by atomic mass is 9.62. The Hall–Kier alpha value is -2.57. The van der Waals surface area contributed by atoms with E-state index >= 15 is 0 Å². The van der Waals surface area contributed by atoms with Crippen molar-refractivity contribution in [2.75, 3.05) is 27.3 Å². The van der Waals surface area contributed by atoms with Crippen molar-refractivity contribution < 1.29 is 14.3 Å². The summed E-state index contributed by atoms with van der Waals surface area (Å²) in [5, 5.41) is 7.64. The number of aromatic amines is 1. The lowest BCUT2D eigenvalue weighted by Crippen LogP contribution is -2.38. The molecule has 1 N–H and O–H groups in total. The summed E-state index contributed by atoms with van der Waals surface area (Å²) in [4.78, 5) is 20.1. The number of H-pyrrole nitrogens is 1. The molecule has 7 nitrogen and oxygen atoms in total. The van der Waals surface area contributed by atoms with Crippen molar-refractivity contribution in [2.45, 2.75) is 43.9 Å². The van der Waals surface area contributed by atoms with Crippen LogP contribution in [-0.2, 0) is 0 Å². The van der Waals surface area contributed by atoms with Gasteiger partial charge in [0.25, 0.3) is 5.91 Å². The number of aromatic nitrogens is 3. The summed E-state index contributed by atoms with van der Waals surface area (Å²) in [7, 11) is 3.16. The zero-order valence-corrected chi connectivity index (χ0v) is 16.4. The summed E-state index contributed by atoms with van der Waals surface area (Å²) in [5.41, 5.74) is 0.676. The molecular formula is C21H26N4O3. The molecule has 0 radical (unpaired) electrons. The highest BCUT2D eigenvalue weighted by Gasteiger charge is 2.53. The molecule has 2 aromatic rings. The van der Waals surface area contributed by atoms with E-state index in [0.29, 0.717) is 29.5 Å². The van der Waals surface area contributed by atoms with Crippen LogP contribution in [0.3, 0.4) is 0 Å². The molecule has 1 aliphatic heterocycles. The molecule has 1 saturated heterocycles. The Morgan fingerprint density at radius 1 is 1.25 bits per heavy atom. The number of hydrogen-bond donors (Lipinski definition) is 1. The van der Waals surface area contributed by atoms with Crippen LogP contribution in [0.15, 0.2) is 18.2 Å². The molecule has 5 rings (SSSR count). The third-order valence-corrected chi connectivity index (χ3v) is 6.71. The smallest absolute Gasteiger partial charge is 0.257 e. The summed E-state index contributed by atoms with van der Waals surface area (Å²) in [6.45, 7) is 1.43. The van der Waals surface area contributed by atoms with Crippen LogP contribution in [0.25, 0.3) is 0 Å². The maximum absolute atomic E-state index is 13.4. The van der Waals surface area contributed by atoms with Gasteiger partial charge in [-0.1, -0.05) is 12.5 Å². The molecule has 1 aromatic carbocycles. The van der Waals surface area contributed by atoms with Crippen molar-refractivity contribution >= 4 is 5.91 Å². The first-order chi connectivity index (χ1) is 13.6. The van der Waals surface area contributed by atoms with Crippen molar-refractivity contribution in [1.29, 1.82) is 0 Å². The van der Waals surface area contributed by atoms with Gasteiger partial charge in [-0.3, -0.25) is 9.89 Å². The molecule has 2 aliphatic carbocycles. The Morgan fingerprint density at radius 3 is 2.71 bits per heavy atom. The second-order valence-electron chi connectivity index (χ2n) is 8.35. The number of carbonyl (C=O) groups excluding carboxylic acids is 1. The van der Waals surface area contributed by atoms with Crippen molar-refractivity contribution in [3.05, 3.63) is 35.4 Å². The largest absolute Gasteiger partial charge is 0.493 e. The zero-order valence-electron chi connectivity index (χ0n) is 16.4. The van der Waals surface area contributed by atoms with Crippen molar-refractivity contribution in [3.63, 3.8) is 0 Å². The fourth-order valence-corrected chi connectivity index (χ4v) is 4.83. The van der Waals surface area contributed by atoms with Gasteiger partial charge in [0.05, 0.1) is 19.8 Å². The van der Waals surface area contributed by atoms with Gasteiger partial charge in [-0.05, 0) is 43.2 Å². The second-order valence-corrected chi connectivity index (χ2v) is 8.35. The Bertz CT molecular complexity index is 901. The van der Waals surface area contributed by atoms with Crippen LogP contribution in [-0.4, -0.2) is 53.3 Å². The van der Waals surface area contributed by atoms with E-state index in [9.17, 15) is 4.79 Å². The Labute approximate surface area is 164 Å². The van der Waals surface area contributed by atoms with E-state index in [1.807, 2.05) is 23.1 Å². The van der Waals surface area contributed by atoms with Crippen LogP contribution >= 0.6 is 0 Å². The lowest BCUT2D eigenvalue weighted by molar-refractivity contribution is 0.0720. The monoisotopic (exact) mass is 382 g/mol. The fourth-order valence-electron chi connectivity index (χ4n) is 4.83. The quantitative estimate of drug-likeness (QED) is 0.859. The molecule has 148 valence electrons. The number of rotatable bonds is 5. The maximum Gasteiger partial charge on any atom is 0.257 e. The molecular weight excluding hydrogens is 356 g/mol. The second kappa shape index (κ2) is 6.50. The molecule has 28 heavy (non-hydrogen) atoms. The number of hydrogen-bond acceptors (Lipinski definition) is 5. The van der Waals surface area contributed by atoms with Gasteiger partial charge in [-0.15, -0.1) is 0 Å². The highest BCUT2D eigenvalue weighted by molar-refractivity contribution is 5.98. The van der Waals surface area contributed by atoms with Gasteiger partial charge in [-0.2, -0.15) is 5.10 Å². The number of para-hydroxylation sites is 1. The van der Waals surface area contributed by atoms with Crippen molar-refractivity contribution in [3.8, 4) is 11.5 Å². The molecule has 1 spiro atoms. The van der Waals surface area contributed by atoms with Crippen LogP contribution in [0, 0.1) is 5.41 Å². The molecule has 1 atom stereocenters. The molecule has 7 heteroatoms. The Morgan fingerprint density at radius 2 is 2.07 bits per heavy atom. The van der Waals surface area contributed by atoms with Gasteiger partial charge in [0.1, 0.15) is 5.82 Å². The van der Waals surface area contributed by atoms with E-state index in [1.165, 1.54) is 19.3 Å². The van der Waals surface area contributed by atoms with Crippen LogP contribution in [0.4, 0.5) is 0 Å². The lowest BCUT2D eigenvalue weighted by Gasteiger charge is -2.41. The molecule has 1 unspecified atom stereocenters. The standard InChI is InChI=1S/C21H26N4O3/c1-27-16-6-3-5-14(17(16)28-2)20(26)25-11-15(21(12-25)9-4-10-21)19-22-18(23-24-19)13-7-8-13/h3,5-6,13,15H,4,7-12H2,1-2H3,(H,22,23,24). The summed E-state index contributed by atoms with van der Waals surface area (Å²) in [6, 6.07) is 5.45. The van der Waals surface area contributed by atoms with E-state index in [1.54, 1.807) is 14.2 Å². The van der Waals surface area contributed by atoms with E-state index < -0.39 is 0 Å². The number of carbonyl (C=O) groups is 1. The first-order valence-corrected chi connectivity index (χ1v) is 10.1. The first-order valence-electron chi connectivity index (χ1n) is 10.1. The number of likely N-dealkylation sites (tertiary alicyclic amines) is 1. The highest BCUT2D eigenvalue weighted by atomic mass is 16.5. The number of nitrogens with zero attached hydrogens (tertiary/aromatic N) is 3. The summed E-state index contributed by atoms with van der Waals surface area (Å²) >= 11 is 0. The number of methoxy groups -OCH3 is 2. The SMILES string of the molecule is COc1cccc(C(=O)N2CC(c3nc(C4CC4)n[nH]3)C3(CCC3)C2)c1OC. The highest BCUT2D eigenvalue weighted by Crippen LogP contribution is 2.55. The molecule has 1 aromatic heterocycles. The predicted molar refractivity (Wildman–Crippen MR) is 103 cm³/mol. The van der Waals surface area contributed by atoms with Gasteiger partial charge in [-0.25, -0.2) is 4.98 Å². The molecule has 3 aliphatic rings. The third kappa shape index (κ3) is 2.67. The summed E-state index contributed by atoms with van der Waals surface area (Å²) < 4.78 is 10.9. The minimum absolute atomic E-state index is 0.00791. The first kappa shape index (κ1) is 17.5. The van der Waals surface area contributed by atoms with E-state index in [-0.39, 0.29) is 17.2 Å². The van der Waals surface area contributed by atoms with Crippen LogP contribution in [0.2, 0.25) is 0 Å². The van der Waals surface area contributed by atoms with Crippen molar-refractivity contribution in [1.82, 2.24) is 20.1 Å². The van der Waals surface area contributed by atoms with Gasteiger partial charge < -0.3 is 14.4 Å². The Kier molecular flexibility index (Phi) is 4.07. The molecule has 3 fully saturated rings. The van der Waals surface area contributed by atoms with Crippen LogP contribution in [0.5, 0.6) is 11.5 Å². The molecule has 2 heterocycles. The number of ether oxygens (including phenoxy) is 2. The van der Waals surface area contributed by atoms with Crippen molar-refractivity contribution in [2.24, 2.45) is 5.41 Å². The number of nitrogens with one attached hydrogen (secondary N) is 1. The summed E-state index contributed by atoms with van der Waals surface area (Å²) in [6.07, 6.45) is 5.86. The minimum atomic E-state index is -0.00791. The number of benzene rings is 1. The molecule has 0 bridgehead atoms. The minimum Gasteiger partial charge on any atom is -0.493 e. The fraction of sp³-hybridized carbons (Fsp3) is 0.571. The van der Waals surface area contributed by atoms with Gasteiger partial charge in [0.2, 0.25) is 0 Å². The average Bonchev–Trinajstić information content (AvgIpc) is 3.28. The Balaban J connectivity index is 1.43. The van der Waals surface area contributed by atoms with E-state index in [0.717, 1.165) is 31.0 Å². The van der Waals surface area contributed by atoms with E-state index in [2.05, 4.69) is 10.2 Å². The number of amides is 1. The predicted octanol–water partition coefficient (Wildman–Crippen LogP) is 3.11.